The van der Waals surface area contributed by atoms with Crippen molar-refractivity contribution in [3.63, 3.8) is 0 Å². The molecular formula is C18H20N4O2. The average molecular weight is 324 g/mol. The fraction of sp³-hybridized carbons (Fsp3) is 0.278. The maximum atomic E-state index is 5.88. The monoisotopic (exact) mass is 324 g/mol. The van der Waals surface area contributed by atoms with E-state index in [0.717, 1.165) is 16.9 Å². The van der Waals surface area contributed by atoms with Crippen LogP contribution >= 0.6 is 0 Å². The highest BCUT2D eigenvalue weighted by molar-refractivity contribution is 5.29. The zero-order chi connectivity index (χ0) is 16.6. The second kappa shape index (κ2) is 8.21. The molecule has 24 heavy (non-hydrogen) atoms. The van der Waals surface area contributed by atoms with E-state index in [1.54, 1.807) is 0 Å². The maximum absolute atomic E-state index is 5.88. The predicted molar refractivity (Wildman–Crippen MR) is 89.5 cm³/mol. The lowest BCUT2D eigenvalue weighted by atomic mass is 10.1. The minimum atomic E-state index is -0.200. The minimum Gasteiger partial charge on any atom is -0.489 e. The second-order valence-electron chi connectivity index (χ2n) is 5.36. The van der Waals surface area contributed by atoms with Gasteiger partial charge in [-0.25, -0.2) is 5.10 Å². The molecule has 1 unspecified atom stereocenters. The Morgan fingerprint density at radius 2 is 1.88 bits per heavy atom. The Morgan fingerprint density at radius 1 is 1.04 bits per heavy atom. The lowest BCUT2D eigenvalue weighted by Crippen LogP contribution is -2.10. The molecule has 6 nitrogen and oxygen atoms in total. The summed E-state index contributed by atoms with van der Waals surface area (Å²) in [5, 5.41) is 14.0. The second-order valence-corrected chi connectivity index (χ2v) is 5.36. The summed E-state index contributed by atoms with van der Waals surface area (Å²) in [5.41, 5.74) is 2.25. The molecule has 0 aliphatic heterocycles. The molecule has 6 heteroatoms. The highest BCUT2D eigenvalue weighted by Gasteiger charge is 2.16. The van der Waals surface area contributed by atoms with E-state index in [9.17, 15) is 0 Å². The zero-order valence-corrected chi connectivity index (χ0v) is 13.6. The number of benzene rings is 2. The molecule has 1 N–H and O–H groups in total. The SMILES string of the molecule is CCOC(Cc1cccc(OCc2ccccc2)c1)c1nnn[nH]1. The minimum absolute atomic E-state index is 0.200. The molecule has 0 amide bonds. The van der Waals surface area contributed by atoms with Crippen LogP contribution < -0.4 is 4.74 Å². The molecule has 1 heterocycles. The molecule has 124 valence electrons. The summed E-state index contributed by atoms with van der Waals surface area (Å²) in [6.07, 6.45) is 0.474. The first kappa shape index (κ1) is 16.1. The van der Waals surface area contributed by atoms with Gasteiger partial charge in [0.1, 0.15) is 18.5 Å². The number of tetrazole rings is 1. The van der Waals surface area contributed by atoms with Gasteiger partial charge in [-0.3, -0.25) is 0 Å². The summed E-state index contributed by atoms with van der Waals surface area (Å²) in [6.45, 7) is 3.09. The van der Waals surface area contributed by atoms with Gasteiger partial charge < -0.3 is 9.47 Å². The summed E-state index contributed by atoms with van der Waals surface area (Å²) in [7, 11) is 0. The largest absolute Gasteiger partial charge is 0.489 e. The van der Waals surface area contributed by atoms with Gasteiger partial charge in [0.25, 0.3) is 0 Å². The number of rotatable bonds is 8. The van der Waals surface area contributed by atoms with Crippen molar-refractivity contribution in [1.29, 1.82) is 0 Å². The molecule has 0 bridgehead atoms. The number of hydrogen-bond acceptors (Lipinski definition) is 5. The Kier molecular flexibility index (Phi) is 5.52. The van der Waals surface area contributed by atoms with Crippen LogP contribution in [-0.4, -0.2) is 27.2 Å². The normalized spacial score (nSPS) is 12.0. The Bertz CT molecular complexity index is 732. The van der Waals surface area contributed by atoms with Crippen molar-refractivity contribution >= 4 is 0 Å². The molecule has 0 spiro atoms. The van der Waals surface area contributed by atoms with Gasteiger partial charge in [-0.2, -0.15) is 0 Å². The molecule has 1 atom stereocenters. The van der Waals surface area contributed by atoms with Crippen molar-refractivity contribution in [2.75, 3.05) is 6.61 Å². The van der Waals surface area contributed by atoms with Gasteiger partial charge in [0.05, 0.1) is 0 Å². The molecule has 0 saturated heterocycles. The Morgan fingerprint density at radius 3 is 2.62 bits per heavy atom. The molecule has 2 aromatic carbocycles. The van der Waals surface area contributed by atoms with E-state index < -0.39 is 0 Å². The third-order valence-corrected chi connectivity index (χ3v) is 3.60. The smallest absolute Gasteiger partial charge is 0.178 e. The highest BCUT2D eigenvalue weighted by Crippen LogP contribution is 2.22. The number of nitrogens with one attached hydrogen (secondary N) is 1. The number of H-pyrrole nitrogens is 1. The van der Waals surface area contributed by atoms with E-state index in [2.05, 4.69) is 20.6 Å². The van der Waals surface area contributed by atoms with E-state index in [0.29, 0.717) is 25.5 Å². The van der Waals surface area contributed by atoms with Crippen molar-refractivity contribution in [3.05, 3.63) is 71.5 Å². The Balaban J connectivity index is 1.65. The molecular weight excluding hydrogens is 304 g/mol. The average Bonchev–Trinajstić information content (AvgIpc) is 3.16. The van der Waals surface area contributed by atoms with Crippen LogP contribution in [0.2, 0.25) is 0 Å². The molecule has 3 aromatic rings. The van der Waals surface area contributed by atoms with Crippen LogP contribution in [0, 0.1) is 0 Å². The quantitative estimate of drug-likeness (QED) is 0.689. The highest BCUT2D eigenvalue weighted by atomic mass is 16.5. The van der Waals surface area contributed by atoms with E-state index in [-0.39, 0.29) is 6.10 Å². The van der Waals surface area contributed by atoms with Crippen molar-refractivity contribution in [1.82, 2.24) is 20.6 Å². The van der Waals surface area contributed by atoms with Gasteiger partial charge >= 0.3 is 0 Å². The molecule has 0 saturated carbocycles. The number of aromatic nitrogens is 4. The predicted octanol–water partition coefficient (Wildman–Crippen LogP) is 3.10. The first-order valence-corrected chi connectivity index (χ1v) is 7.96. The Labute approximate surface area is 140 Å². The van der Waals surface area contributed by atoms with E-state index in [1.807, 2.05) is 61.5 Å². The van der Waals surface area contributed by atoms with Gasteiger partial charge in [-0.15, -0.1) is 5.10 Å². The lowest BCUT2D eigenvalue weighted by Gasteiger charge is -2.14. The van der Waals surface area contributed by atoms with Crippen LogP contribution in [0.3, 0.4) is 0 Å². The van der Waals surface area contributed by atoms with E-state index in [1.165, 1.54) is 0 Å². The maximum Gasteiger partial charge on any atom is 0.178 e. The van der Waals surface area contributed by atoms with E-state index in [4.69, 9.17) is 9.47 Å². The van der Waals surface area contributed by atoms with Crippen LogP contribution in [0.4, 0.5) is 0 Å². The topological polar surface area (TPSA) is 72.9 Å². The first-order chi connectivity index (χ1) is 11.8. The van der Waals surface area contributed by atoms with Crippen molar-refractivity contribution in [3.8, 4) is 5.75 Å². The van der Waals surface area contributed by atoms with Gasteiger partial charge in [-0.1, -0.05) is 42.5 Å². The summed E-state index contributed by atoms with van der Waals surface area (Å²) >= 11 is 0. The zero-order valence-electron chi connectivity index (χ0n) is 13.6. The van der Waals surface area contributed by atoms with Crippen LogP contribution in [0.1, 0.15) is 30.0 Å². The summed E-state index contributed by atoms with van der Waals surface area (Å²) in [5.74, 6) is 1.47. The van der Waals surface area contributed by atoms with Gasteiger partial charge in [0.2, 0.25) is 0 Å². The molecule has 0 radical (unpaired) electrons. The van der Waals surface area contributed by atoms with Gasteiger partial charge in [0.15, 0.2) is 5.82 Å². The van der Waals surface area contributed by atoms with Crippen molar-refractivity contribution in [2.45, 2.75) is 26.1 Å². The third kappa shape index (κ3) is 4.39. The van der Waals surface area contributed by atoms with Crippen LogP contribution in [0.25, 0.3) is 0 Å². The summed E-state index contributed by atoms with van der Waals surface area (Å²) in [6, 6.07) is 18.1. The summed E-state index contributed by atoms with van der Waals surface area (Å²) < 4.78 is 11.6. The fourth-order valence-electron chi connectivity index (χ4n) is 2.46. The number of ether oxygens (including phenoxy) is 2. The molecule has 3 rings (SSSR count). The van der Waals surface area contributed by atoms with Crippen LogP contribution in [0.15, 0.2) is 54.6 Å². The molecule has 0 aliphatic rings. The Hall–Kier alpha value is -2.73. The van der Waals surface area contributed by atoms with Gasteiger partial charge in [0, 0.05) is 13.0 Å². The van der Waals surface area contributed by atoms with E-state index >= 15 is 0 Å². The van der Waals surface area contributed by atoms with Crippen molar-refractivity contribution in [2.24, 2.45) is 0 Å². The fourth-order valence-corrected chi connectivity index (χ4v) is 2.46. The lowest BCUT2D eigenvalue weighted by molar-refractivity contribution is 0.0564. The standard InChI is InChI=1S/C18H20N4O2/c1-2-23-17(18-19-21-22-20-18)12-15-9-6-10-16(11-15)24-13-14-7-4-3-5-8-14/h3-11,17H,2,12-13H2,1H3,(H,19,20,21,22). The van der Waals surface area contributed by atoms with Crippen LogP contribution in [0.5, 0.6) is 5.75 Å². The van der Waals surface area contributed by atoms with Crippen molar-refractivity contribution < 1.29 is 9.47 Å². The molecule has 0 aliphatic carbocycles. The first-order valence-electron chi connectivity index (χ1n) is 7.96. The molecule has 1 aromatic heterocycles. The number of nitrogens with zero attached hydrogens (tertiary/aromatic N) is 3. The van der Waals surface area contributed by atoms with Gasteiger partial charge in [-0.05, 0) is 40.6 Å². The number of aromatic amines is 1. The van der Waals surface area contributed by atoms with Crippen LogP contribution in [-0.2, 0) is 17.8 Å². The third-order valence-electron chi connectivity index (χ3n) is 3.60. The summed E-state index contributed by atoms with van der Waals surface area (Å²) in [4.78, 5) is 0. The number of hydrogen-bond donors (Lipinski definition) is 1. The molecule has 0 fully saturated rings.